The molecule has 0 radical (unpaired) electrons. The number of nitrogens with one attached hydrogen (secondary N) is 1. The van der Waals surface area contributed by atoms with E-state index in [-0.39, 0.29) is 5.69 Å². The van der Waals surface area contributed by atoms with Gasteiger partial charge in [-0.25, -0.2) is 4.79 Å². The number of hydrogen-bond acceptors (Lipinski definition) is 4. The van der Waals surface area contributed by atoms with E-state index >= 15 is 0 Å². The van der Waals surface area contributed by atoms with Crippen LogP contribution in [-0.2, 0) is 6.54 Å². The largest absolute Gasteiger partial charge is 0.326 e. The van der Waals surface area contributed by atoms with E-state index in [2.05, 4.69) is 13.7 Å². The molecule has 20 heavy (non-hydrogen) atoms. The first-order chi connectivity index (χ1) is 9.83. The van der Waals surface area contributed by atoms with Crippen LogP contribution in [0.3, 0.4) is 0 Å². The fraction of sp³-hybridized carbons (Fsp3) is 0.0714. The van der Waals surface area contributed by atoms with Gasteiger partial charge in [-0.1, -0.05) is 30.3 Å². The van der Waals surface area contributed by atoms with Crippen LogP contribution in [0.4, 0.5) is 0 Å². The van der Waals surface area contributed by atoms with Crippen LogP contribution in [0.5, 0.6) is 0 Å². The van der Waals surface area contributed by atoms with Gasteiger partial charge in [0, 0.05) is 0 Å². The molecule has 0 atom stereocenters. The second-order valence-electron chi connectivity index (χ2n) is 4.59. The molecule has 2 aromatic heterocycles. The van der Waals surface area contributed by atoms with Crippen molar-refractivity contribution in [3.8, 4) is 0 Å². The first-order valence-electron chi connectivity index (χ1n) is 6.20. The van der Waals surface area contributed by atoms with Crippen LogP contribution in [0.1, 0.15) is 5.56 Å². The monoisotopic (exact) mass is 282 g/mol. The Morgan fingerprint density at radius 1 is 1.10 bits per heavy atom. The third-order valence-electron chi connectivity index (χ3n) is 3.36. The van der Waals surface area contributed by atoms with Gasteiger partial charge in [-0.05, 0) is 17.7 Å². The third kappa shape index (κ3) is 1.65. The highest BCUT2D eigenvalue weighted by molar-refractivity contribution is 7.00. The summed E-state index contributed by atoms with van der Waals surface area (Å²) in [6, 6.07) is 13.7. The highest BCUT2D eigenvalue weighted by Gasteiger charge is 2.12. The Labute approximate surface area is 117 Å². The summed E-state index contributed by atoms with van der Waals surface area (Å²) in [5.74, 6) is 0. The van der Waals surface area contributed by atoms with E-state index in [0.29, 0.717) is 6.54 Å². The maximum atomic E-state index is 12.2. The second-order valence-corrected chi connectivity index (χ2v) is 5.12. The van der Waals surface area contributed by atoms with E-state index in [1.54, 1.807) is 4.57 Å². The van der Waals surface area contributed by atoms with Gasteiger partial charge in [0.15, 0.2) is 0 Å². The minimum atomic E-state index is -0.121. The summed E-state index contributed by atoms with van der Waals surface area (Å²) in [5, 5.41) is 0. The van der Waals surface area contributed by atoms with Crippen molar-refractivity contribution in [1.82, 2.24) is 18.3 Å². The van der Waals surface area contributed by atoms with Crippen molar-refractivity contribution in [3.63, 3.8) is 0 Å². The molecule has 2 heterocycles. The van der Waals surface area contributed by atoms with Gasteiger partial charge in [0.25, 0.3) is 0 Å². The quantitative estimate of drug-likeness (QED) is 0.614. The lowest BCUT2D eigenvalue weighted by Crippen LogP contribution is -2.17. The Morgan fingerprint density at radius 2 is 1.95 bits per heavy atom. The minimum absolute atomic E-state index is 0.121. The van der Waals surface area contributed by atoms with E-state index in [9.17, 15) is 4.79 Å². The zero-order valence-corrected chi connectivity index (χ0v) is 11.2. The van der Waals surface area contributed by atoms with Crippen LogP contribution in [0.25, 0.3) is 22.1 Å². The molecule has 6 heteroatoms. The van der Waals surface area contributed by atoms with E-state index in [1.165, 1.54) is 0 Å². The lowest BCUT2D eigenvalue weighted by Gasteiger charge is -2.03. The molecule has 0 amide bonds. The van der Waals surface area contributed by atoms with Crippen molar-refractivity contribution in [2.75, 3.05) is 0 Å². The predicted octanol–water partition coefficient (Wildman–Crippen LogP) is 2.38. The van der Waals surface area contributed by atoms with Crippen molar-refractivity contribution >= 4 is 33.8 Å². The van der Waals surface area contributed by atoms with Gasteiger partial charge in [-0.2, -0.15) is 8.75 Å². The molecule has 98 valence electrons. The standard InChI is InChI=1S/C14H10N4OS/c19-14-15-13-11(7-6-10-12(13)17-20-16-10)18(14)8-9-4-2-1-3-5-9/h1-7H,8H2,(H,15,19). The van der Waals surface area contributed by atoms with Gasteiger partial charge >= 0.3 is 5.69 Å². The van der Waals surface area contributed by atoms with Crippen LogP contribution in [0, 0.1) is 0 Å². The number of aromatic nitrogens is 4. The van der Waals surface area contributed by atoms with Crippen molar-refractivity contribution in [3.05, 3.63) is 58.5 Å². The summed E-state index contributed by atoms with van der Waals surface area (Å²) in [4.78, 5) is 15.1. The van der Waals surface area contributed by atoms with Crippen molar-refractivity contribution in [2.45, 2.75) is 6.54 Å². The molecule has 0 bridgehead atoms. The Bertz CT molecular complexity index is 952. The fourth-order valence-corrected chi connectivity index (χ4v) is 2.94. The van der Waals surface area contributed by atoms with E-state index in [0.717, 1.165) is 39.4 Å². The Morgan fingerprint density at radius 3 is 2.80 bits per heavy atom. The molecular formula is C14H10N4OS. The molecule has 0 aliphatic heterocycles. The number of fused-ring (bicyclic) bond motifs is 3. The number of benzene rings is 2. The molecule has 2 aromatic carbocycles. The zero-order valence-electron chi connectivity index (χ0n) is 10.4. The minimum Gasteiger partial charge on any atom is -0.304 e. The number of imidazole rings is 1. The maximum Gasteiger partial charge on any atom is 0.326 e. The van der Waals surface area contributed by atoms with E-state index in [1.807, 2.05) is 42.5 Å². The molecule has 0 unspecified atom stereocenters. The first kappa shape index (κ1) is 11.4. The van der Waals surface area contributed by atoms with Crippen LogP contribution in [-0.4, -0.2) is 18.3 Å². The third-order valence-corrected chi connectivity index (χ3v) is 3.90. The van der Waals surface area contributed by atoms with Crippen LogP contribution < -0.4 is 5.69 Å². The summed E-state index contributed by atoms with van der Waals surface area (Å²) >= 11 is 1.16. The summed E-state index contributed by atoms with van der Waals surface area (Å²) < 4.78 is 10.2. The molecular weight excluding hydrogens is 272 g/mol. The Balaban J connectivity index is 1.95. The SMILES string of the molecule is O=c1[nH]c2c3nsnc3ccc2n1Cc1ccccc1. The number of nitrogens with zero attached hydrogens (tertiary/aromatic N) is 3. The Hall–Kier alpha value is -2.47. The van der Waals surface area contributed by atoms with Crippen LogP contribution in [0.2, 0.25) is 0 Å². The lowest BCUT2D eigenvalue weighted by molar-refractivity contribution is 0.787. The van der Waals surface area contributed by atoms with Gasteiger partial charge in [0.1, 0.15) is 11.0 Å². The van der Waals surface area contributed by atoms with Gasteiger partial charge in [0.2, 0.25) is 0 Å². The number of rotatable bonds is 2. The normalized spacial score (nSPS) is 11.4. The summed E-state index contributed by atoms with van der Waals surface area (Å²) in [6.07, 6.45) is 0. The zero-order chi connectivity index (χ0) is 13.5. The predicted molar refractivity (Wildman–Crippen MR) is 79.1 cm³/mol. The molecule has 0 fully saturated rings. The Kier molecular flexibility index (Phi) is 2.43. The van der Waals surface area contributed by atoms with E-state index in [4.69, 9.17) is 0 Å². The highest BCUT2D eigenvalue weighted by Crippen LogP contribution is 2.21. The summed E-state index contributed by atoms with van der Waals surface area (Å²) in [6.45, 7) is 0.544. The van der Waals surface area contributed by atoms with Gasteiger partial charge in [-0.15, -0.1) is 0 Å². The molecule has 0 aliphatic rings. The molecule has 0 saturated heterocycles. The number of hydrogen-bond donors (Lipinski definition) is 1. The number of aromatic amines is 1. The molecule has 0 spiro atoms. The highest BCUT2D eigenvalue weighted by atomic mass is 32.1. The molecule has 4 aromatic rings. The summed E-state index contributed by atoms with van der Waals surface area (Å²) in [7, 11) is 0. The van der Waals surface area contributed by atoms with Gasteiger partial charge in [0.05, 0.1) is 29.3 Å². The molecule has 0 aliphatic carbocycles. The fourth-order valence-electron chi connectivity index (χ4n) is 2.40. The summed E-state index contributed by atoms with van der Waals surface area (Å²) in [5.41, 5.74) is 4.17. The average Bonchev–Trinajstić information content (AvgIpc) is 3.05. The van der Waals surface area contributed by atoms with Gasteiger partial charge in [-0.3, -0.25) is 4.57 Å². The maximum absolute atomic E-state index is 12.2. The van der Waals surface area contributed by atoms with Crippen LogP contribution in [0.15, 0.2) is 47.3 Å². The van der Waals surface area contributed by atoms with Gasteiger partial charge < -0.3 is 4.98 Å². The first-order valence-corrected chi connectivity index (χ1v) is 6.94. The van der Waals surface area contributed by atoms with Crippen molar-refractivity contribution in [1.29, 1.82) is 0 Å². The van der Waals surface area contributed by atoms with Crippen molar-refractivity contribution in [2.24, 2.45) is 0 Å². The smallest absolute Gasteiger partial charge is 0.304 e. The lowest BCUT2D eigenvalue weighted by atomic mass is 10.2. The molecule has 0 saturated carbocycles. The molecule has 5 nitrogen and oxygen atoms in total. The van der Waals surface area contributed by atoms with Crippen LogP contribution >= 0.6 is 11.7 Å². The second kappa shape index (κ2) is 4.28. The average molecular weight is 282 g/mol. The topological polar surface area (TPSA) is 63.6 Å². The van der Waals surface area contributed by atoms with E-state index < -0.39 is 0 Å². The molecule has 1 N–H and O–H groups in total. The number of H-pyrrole nitrogens is 1. The van der Waals surface area contributed by atoms with Crippen molar-refractivity contribution < 1.29 is 0 Å². The molecule has 4 rings (SSSR count).